The summed E-state index contributed by atoms with van der Waals surface area (Å²) >= 11 is 0. The Bertz CT molecular complexity index is 904. The molecule has 2 aliphatic rings. The van der Waals surface area contributed by atoms with Gasteiger partial charge in [-0.05, 0) is 49.9 Å². The summed E-state index contributed by atoms with van der Waals surface area (Å²) in [6.07, 6.45) is 4.22. The molecule has 0 saturated carbocycles. The molecule has 7 nitrogen and oxygen atoms in total. The van der Waals surface area contributed by atoms with Crippen molar-refractivity contribution in [2.75, 3.05) is 45.9 Å². The van der Waals surface area contributed by atoms with Crippen LogP contribution in [-0.2, 0) is 16.0 Å². The maximum Gasteiger partial charge on any atom is 0.251 e. The Morgan fingerprint density at radius 2 is 2.06 bits per heavy atom. The third kappa shape index (κ3) is 5.68. The number of benzene rings is 1. The number of carbonyl (C=O) groups is 1. The molecule has 1 unspecified atom stereocenters. The number of hydrogen-bond acceptors (Lipinski definition) is 3. The second-order valence-corrected chi connectivity index (χ2v) is 7.80. The van der Waals surface area contributed by atoms with Crippen molar-refractivity contribution in [3.63, 3.8) is 0 Å². The highest BCUT2D eigenvalue weighted by atomic mass is 127. The smallest absolute Gasteiger partial charge is 0.251 e. The van der Waals surface area contributed by atoms with Gasteiger partial charge in [0, 0.05) is 63.0 Å². The van der Waals surface area contributed by atoms with E-state index in [4.69, 9.17) is 9.73 Å². The number of ether oxygens (including phenoxy) is 1. The first-order valence-corrected chi connectivity index (χ1v) is 10.8. The maximum atomic E-state index is 13.6. The average Bonchev–Trinajstić information content (AvgIpc) is 3.43. The van der Waals surface area contributed by atoms with Gasteiger partial charge in [-0.1, -0.05) is 0 Å². The van der Waals surface area contributed by atoms with Crippen molar-refractivity contribution in [3.8, 4) is 0 Å². The van der Waals surface area contributed by atoms with E-state index in [1.54, 1.807) is 12.1 Å². The third-order valence-electron chi connectivity index (χ3n) is 5.80. The standard InChI is InChI=1S/C22H30FN5O2.HI/c1-2-24-22(25-8-7-16-15-26-19-6-5-17(23)14-18(16)19)28-11-9-27(10-12-28)21(29)20-4-3-13-30-20;/h5-6,14-15,20,26H,2-4,7-13H2,1H3,(H,24,25);1H. The zero-order valence-corrected chi connectivity index (χ0v) is 20.2. The van der Waals surface area contributed by atoms with Gasteiger partial charge in [0.05, 0.1) is 0 Å². The highest BCUT2D eigenvalue weighted by Crippen LogP contribution is 2.20. The van der Waals surface area contributed by atoms with Gasteiger partial charge in [-0.3, -0.25) is 9.79 Å². The SMILES string of the molecule is CCNC(=NCCc1c[nH]c2ccc(F)cc12)N1CCN(C(=O)C2CCCO2)CC1.I. The monoisotopic (exact) mass is 543 g/mol. The predicted molar refractivity (Wildman–Crippen MR) is 130 cm³/mol. The van der Waals surface area contributed by atoms with Crippen molar-refractivity contribution in [3.05, 3.63) is 35.8 Å². The second kappa shape index (κ2) is 11.1. The Hall–Kier alpha value is -1.88. The van der Waals surface area contributed by atoms with Crippen molar-refractivity contribution in [1.82, 2.24) is 20.1 Å². The van der Waals surface area contributed by atoms with Crippen LogP contribution in [0.25, 0.3) is 10.9 Å². The fourth-order valence-electron chi connectivity index (χ4n) is 4.18. The number of amides is 1. The summed E-state index contributed by atoms with van der Waals surface area (Å²) in [4.78, 5) is 24.6. The van der Waals surface area contributed by atoms with E-state index in [-0.39, 0.29) is 41.8 Å². The minimum absolute atomic E-state index is 0. The van der Waals surface area contributed by atoms with Crippen molar-refractivity contribution in [1.29, 1.82) is 0 Å². The van der Waals surface area contributed by atoms with E-state index in [1.165, 1.54) is 6.07 Å². The van der Waals surface area contributed by atoms with Crippen molar-refractivity contribution < 1.29 is 13.9 Å². The topological polar surface area (TPSA) is 73.0 Å². The molecule has 1 amide bonds. The molecule has 2 fully saturated rings. The lowest BCUT2D eigenvalue weighted by molar-refractivity contribution is -0.142. The lowest BCUT2D eigenvalue weighted by Crippen LogP contribution is -2.55. The first kappa shape index (κ1) is 23.8. The van der Waals surface area contributed by atoms with E-state index in [0.29, 0.717) is 26.2 Å². The van der Waals surface area contributed by atoms with Crippen LogP contribution in [0.2, 0.25) is 0 Å². The van der Waals surface area contributed by atoms with Crippen molar-refractivity contribution >= 4 is 46.7 Å². The third-order valence-corrected chi connectivity index (χ3v) is 5.80. The van der Waals surface area contributed by atoms with Gasteiger partial charge in [0.2, 0.25) is 0 Å². The largest absolute Gasteiger partial charge is 0.368 e. The van der Waals surface area contributed by atoms with Crippen LogP contribution in [0.3, 0.4) is 0 Å². The Kier molecular flexibility index (Phi) is 8.53. The molecule has 1 atom stereocenters. The summed E-state index contributed by atoms with van der Waals surface area (Å²) < 4.78 is 19.1. The molecule has 3 heterocycles. The number of halogens is 2. The van der Waals surface area contributed by atoms with Gasteiger partial charge in [0.25, 0.3) is 5.91 Å². The molecule has 1 aromatic heterocycles. The summed E-state index contributed by atoms with van der Waals surface area (Å²) in [5, 5.41) is 4.27. The quantitative estimate of drug-likeness (QED) is 0.346. The van der Waals surface area contributed by atoms with E-state index < -0.39 is 0 Å². The lowest BCUT2D eigenvalue weighted by atomic mass is 10.1. The lowest BCUT2D eigenvalue weighted by Gasteiger charge is -2.37. The highest BCUT2D eigenvalue weighted by molar-refractivity contribution is 14.0. The van der Waals surface area contributed by atoms with Crippen LogP contribution in [-0.4, -0.2) is 78.6 Å². The first-order valence-electron chi connectivity index (χ1n) is 10.8. The minimum Gasteiger partial charge on any atom is -0.368 e. The van der Waals surface area contributed by atoms with E-state index in [1.807, 2.05) is 11.1 Å². The van der Waals surface area contributed by atoms with Crippen LogP contribution in [0.5, 0.6) is 0 Å². The molecule has 9 heteroatoms. The number of hydrogen-bond donors (Lipinski definition) is 2. The number of nitrogens with one attached hydrogen (secondary N) is 2. The Balaban J connectivity index is 0.00000272. The van der Waals surface area contributed by atoms with E-state index in [9.17, 15) is 9.18 Å². The summed E-state index contributed by atoms with van der Waals surface area (Å²) in [6.45, 7) is 7.01. The van der Waals surface area contributed by atoms with Gasteiger partial charge in [-0.2, -0.15) is 0 Å². The van der Waals surface area contributed by atoms with Gasteiger partial charge in [-0.25, -0.2) is 4.39 Å². The van der Waals surface area contributed by atoms with E-state index >= 15 is 0 Å². The average molecular weight is 543 g/mol. The molecular weight excluding hydrogens is 512 g/mol. The summed E-state index contributed by atoms with van der Waals surface area (Å²) in [5.74, 6) is 0.768. The van der Waals surface area contributed by atoms with Crippen LogP contribution in [0.4, 0.5) is 4.39 Å². The molecule has 0 radical (unpaired) electrons. The molecule has 2 aromatic rings. The fraction of sp³-hybridized carbons (Fsp3) is 0.545. The maximum absolute atomic E-state index is 13.6. The van der Waals surface area contributed by atoms with Gasteiger partial charge < -0.3 is 24.8 Å². The fourth-order valence-corrected chi connectivity index (χ4v) is 4.18. The molecule has 2 aliphatic heterocycles. The zero-order chi connectivity index (χ0) is 20.9. The normalized spacial score (nSPS) is 19.5. The van der Waals surface area contributed by atoms with Gasteiger partial charge in [0.15, 0.2) is 5.96 Å². The number of rotatable bonds is 5. The molecule has 1 aromatic carbocycles. The summed E-state index contributed by atoms with van der Waals surface area (Å²) in [6, 6.07) is 4.80. The number of carbonyl (C=O) groups excluding carboxylic acids is 1. The number of piperazine rings is 1. The van der Waals surface area contributed by atoms with Crippen LogP contribution in [0, 0.1) is 5.82 Å². The number of guanidine groups is 1. The van der Waals surface area contributed by atoms with Crippen molar-refractivity contribution in [2.24, 2.45) is 4.99 Å². The number of fused-ring (bicyclic) bond motifs is 1. The number of aromatic nitrogens is 1. The van der Waals surface area contributed by atoms with Crippen molar-refractivity contribution in [2.45, 2.75) is 32.3 Å². The number of nitrogens with zero attached hydrogens (tertiary/aromatic N) is 3. The molecule has 0 spiro atoms. The number of aliphatic imine (C=N–C) groups is 1. The minimum atomic E-state index is -0.250. The van der Waals surface area contributed by atoms with Crippen LogP contribution < -0.4 is 5.32 Å². The number of H-pyrrole nitrogens is 1. The molecule has 4 rings (SSSR count). The van der Waals surface area contributed by atoms with Gasteiger partial charge in [-0.15, -0.1) is 24.0 Å². The molecular formula is C22H31FIN5O2. The second-order valence-electron chi connectivity index (χ2n) is 7.80. The molecule has 31 heavy (non-hydrogen) atoms. The number of aromatic amines is 1. The van der Waals surface area contributed by atoms with Crippen LogP contribution >= 0.6 is 24.0 Å². The highest BCUT2D eigenvalue weighted by Gasteiger charge is 2.30. The zero-order valence-electron chi connectivity index (χ0n) is 17.9. The van der Waals surface area contributed by atoms with Gasteiger partial charge in [0.1, 0.15) is 11.9 Å². The summed E-state index contributed by atoms with van der Waals surface area (Å²) in [5.41, 5.74) is 2.00. The van der Waals surface area contributed by atoms with Crippen LogP contribution in [0.1, 0.15) is 25.3 Å². The first-order chi connectivity index (χ1) is 14.7. The Morgan fingerprint density at radius 3 is 2.77 bits per heavy atom. The van der Waals surface area contributed by atoms with Gasteiger partial charge >= 0.3 is 0 Å². The molecule has 2 saturated heterocycles. The van der Waals surface area contributed by atoms with E-state index in [0.717, 1.165) is 61.3 Å². The molecule has 0 aliphatic carbocycles. The van der Waals surface area contributed by atoms with E-state index in [2.05, 4.69) is 22.1 Å². The summed E-state index contributed by atoms with van der Waals surface area (Å²) in [7, 11) is 0. The van der Waals surface area contributed by atoms with Crippen LogP contribution in [0.15, 0.2) is 29.4 Å². The molecule has 0 bridgehead atoms. The molecule has 2 N–H and O–H groups in total. The Labute approximate surface area is 199 Å². The Morgan fingerprint density at radius 1 is 1.29 bits per heavy atom. The predicted octanol–water partition coefficient (Wildman–Crippen LogP) is 2.76. The molecule has 170 valence electrons.